The van der Waals surface area contributed by atoms with Crippen LogP contribution < -0.4 is 11.5 Å². The highest BCUT2D eigenvalue weighted by atomic mass is 16.3. The highest BCUT2D eigenvalue weighted by molar-refractivity contribution is 6.36. The maximum Gasteiger partial charge on any atom is 0.213 e. The number of fused-ring (bicyclic) bond motifs is 2. The van der Waals surface area contributed by atoms with Crippen molar-refractivity contribution in [1.29, 1.82) is 0 Å². The van der Waals surface area contributed by atoms with Gasteiger partial charge in [-0.15, -0.1) is 0 Å². The lowest BCUT2D eigenvalue weighted by Gasteiger charge is -2.27. The molecule has 0 saturated heterocycles. The lowest BCUT2D eigenvalue weighted by atomic mass is 9.77. The van der Waals surface area contributed by atoms with Crippen molar-refractivity contribution in [2.24, 2.45) is 5.73 Å². The summed E-state index contributed by atoms with van der Waals surface area (Å²) in [5.74, 6) is -2.49. The number of ketones is 2. The zero-order valence-corrected chi connectivity index (χ0v) is 14.9. The van der Waals surface area contributed by atoms with Gasteiger partial charge in [-0.3, -0.25) is 9.59 Å². The molecule has 0 aliphatic heterocycles. The zero-order chi connectivity index (χ0) is 21.0. The van der Waals surface area contributed by atoms with Crippen molar-refractivity contribution in [1.82, 2.24) is 0 Å². The van der Waals surface area contributed by atoms with Gasteiger partial charge >= 0.3 is 0 Å². The Labute approximate surface area is 164 Å². The molecule has 2 aromatic rings. The van der Waals surface area contributed by atoms with Crippen LogP contribution in [-0.2, 0) is 11.4 Å². The summed E-state index contributed by atoms with van der Waals surface area (Å²) in [6.45, 7) is -0.545. The number of anilines is 1. The summed E-state index contributed by atoms with van der Waals surface area (Å²) >= 11 is 0. The molecule has 8 N–H and O–H groups in total. The number of Topliss-reactive ketones (excluding diaryl/α,β-unsaturated/α-hetero) is 2. The monoisotopic (exact) mass is 392 g/mol. The molecule has 0 atom stereocenters. The molecule has 0 saturated carbocycles. The Kier molecular flexibility index (Phi) is 3.95. The summed E-state index contributed by atoms with van der Waals surface area (Å²) in [6.07, 6.45) is 1.37. The Hall–Kier alpha value is -4.04. The van der Waals surface area contributed by atoms with E-state index in [0.717, 1.165) is 0 Å². The number of rotatable bonds is 2. The van der Waals surface area contributed by atoms with Gasteiger partial charge in [0.1, 0.15) is 17.3 Å². The second kappa shape index (κ2) is 6.25. The fourth-order valence-corrected chi connectivity index (χ4v) is 3.58. The lowest BCUT2D eigenvalue weighted by molar-refractivity contribution is -0.110. The third-order valence-corrected chi connectivity index (χ3v) is 5.02. The number of aliphatic hydroxyl groups excluding tert-OH is 2. The van der Waals surface area contributed by atoms with E-state index in [4.69, 9.17) is 11.5 Å². The van der Waals surface area contributed by atoms with Crippen LogP contribution in [-0.4, -0.2) is 32.0 Å². The molecule has 29 heavy (non-hydrogen) atoms. The van der Waals surface area contributed by atoms with Crippen molar-refractivity contribution in [3.8, 4) is 11.5 Å². The smallest absolute Gasteiger partial charge is 0.213 e. The number of phenols is 2. The topological polar surface area (TPSA) is 167 Å². The van der Waals surface area contributed by atoms with E-state index >= 15 is 0 Å². The first-order valence-electron chi connectivity index (χ1n) is 8.55. The Morgan fingerprint density at radius 1 is 0.897 bits per heavy atom. The number of carbonyl (C=O) groups is 2. The number of aromatic hydroxyl groups is 2. The first-order valence-corrected chi connectivity index (χ1v) is 8.55. The van der Waals surface area contributed by atoms with E-state index in [1.54, 1.807) is 0 Å². The second-order valence-electron chi connectivity index (χ2n) is 6.70. The van der Waals surface area contributed by atoms with Crippen LogP contribution in [0.5, 0.6) is 11.5 Å². The highest BCUT2D eigenvalue weighted by Crippen LogP contribution is 2.44. The summed E-state index contributed by atoms with van der Waals surface area (Å²) < 4.78 is 0. The predicted octanol–water partition coefficient (Wildman–Crippen LogP) is 1.52. The van der Waals surface area contributed by atoms with Crippen molar-refractivity contribution < 1.29 is 30.0 Å². The minimum atomic E-state index is -0.779. The predicted molar refractivity (Wildman–Crippen MR) is 105 cm³/mol. The van der Waals surface area contributed by atoms with Gasteiger partial charge in [-0.2, -0.15) is 0 Å². The average Bonchev–Trinajstić information content (AvgIpc) is 2.70. The number of hydrogen-bond donors (Lipinski definition) is 6. The minimum absolute atomic E-state index is 0.00511. The van der Waals surface area contributed by atoms with Crippen molar-refractivity contribution in [2.45, 2.75) is 6.61 Å². The van der Waals surface area contributed by atoms with Gasteiger partial charge in [-0.05, 0) is 29.8 Å². The number of nitrogen functional groups attached to an aromatic ring is 1. The normalized spacial score (nSPS) is 16.0. The number of aliphatic hydroxyl groups is 2. The van der Waals surface area contributed by atoms with E-state index in [1.807, 2.05) is 0 Å². The fraction of sp³-hybridized carbons (Fsp3) is 0.0476. The van der Waals surface area contributed by atoms with Gasteiger partial charge in [-0.1, -0.05) is 12.1 Å². The van der Waals surface area contributed by atoms with E-state index in [0.29, 0.717) is 5.56 Å². The van der Waals surface area contributed by atoms with Crippen molar-refractivity contribution in [3.63, 3.8) is 0 Å². The standard InChI is InChI=1S/C21H16N2O6/c22-13-5-9(7-24)18(26)16-11(13)6-12-15(20(16)28)17(23)21(29)14(19(12)27)8-1-3-10(25)4-2-8/h1-6,24-27H,7,22-23H2. The zero-order valence-electron chi connectivity index (χ0n) is 14.9. The second-order valence-corrected chi connectivity index (χ2v) is 6.70. The first-order chi connectivity index (χ1) is 13.8. The van der Waals surface area contributed by atoms with Crippen LogP contribution in [0.4, 0.5) is 5.69 Å². The average molecular weight is 392 g/mol. The van der Waals surface area contributed by atoms with Crippen LogP contribution in [0.2, 0.25) is 0 Å². The molecule has 2 aliphatic carbocycles. The molecule has 0 radical (unpaired) electrons. The molecule has 8 heteroatoms. The Morgan fingerprint density at radius 2 is 1.55 bits per heavy atom. The van der Waals surface area contributed by atoms with Crippen LogP contribution in [0, 0.1) is 0 Å². The van der Waals surface area contributed by atoms with Gasteiger partial charge in [0.2, 0.25) is 5.78 Å². The van der Waals surface area contributed by atoms with Gasteiger partial charge in [0.15, 0.2) is 5.78 Å². The Balaban J connectivity index is 2.02. The van der Waals surface area contributed by atoms with Gasteiger partial charge in [0.05, 0.1) is 29.0 Å². The van der Waals surface area contributed by atoms with Gasteiger partial charge in [-0.25, -0.2) is 0 Å². The van der Waals surface area contributed by atoms with E-state index in [-0.39, 0.29) is 50.5 Å². The SMILES string of the molecule is NC1=C2C(=O)c3c(O)c(CO)cc(N)c3C=C2C(O)=C(c2ccc(O)cc2)C1=O. The largest absolute Gasteiger partial charge is 0.508 e. The molecular weight excluding hydrogens is 376 g/mol. The van der Waals surface area contributed by atoms with Crippen LogP contribution in [0.1, 0.15) is 27.0 Å². The van der Waals surface area contributed by atoms with E-state index < -0.39 is 29.7 Å². The molecule has 0 amide bonds. The highest BCUT2D eigenvalue weighted by Gasteiger charge is 2.39. The summed E-state index contributed by atoms with van der Waals surface area (Å²) in [6, 6.07) is 6.89. The minimum Gasteiger partial charge on any atom is -0.508 e. The van der Waals surface area contributed by atoms with Crippen LogP contribution in [0.3, 0.4) is 0 Å². The number of nitrogens with two attached hydrogens (primary N) is 2. The molecule has 2 aliphatic rings. The van der Waals surface area contributed by atoms with Gasteiger partial charge in [0, 0.05) is 22.4 Å². The van der Waals surface area contributed by atoms with Crippen LogP contribution in [0.25, 0.3) is 11.6 Å². The summed E-state index contributed by atoms with van der Waals surface area (Å²) in [5.41, 5.74) is 11.6. The molecule has 4 rings (SSSR count). The number of allylic oxidation sites excluding steroid dienone is 2. The maximum absolute atomic E-state index is 13.1. The number of carbonyl (C=O) groups excluding carboxylic acids is 2. The molecule has 0 fully saturated rings. The third-order valence-electron chi connectivity index (χ3n) is 5.02. The number of benzene rings is 2. The molecule has 0 unspecified atom stereocenters. The van der Waals surface area contributed by atoms with Crippen molar-refractivity contribution >= 4 is 28.9 Å². The molecule has 146 valence electrons. The Bertz CT molecular complexity index is 1200. The van der Waals surface area contributed by atoms with Crippen LogP contribution >= 0.6 is 0 Å². The van der Waals surface area contributed by atoms with Gasteiger partial charge < -0.3 is 31.9 Å². The molecule has 2 aromatic carbocycles. The van der Waals surface area contributed by atoms with Crippen molar-refractivity contribution in [2.75, 3.05) is 5.73 Å². The Morgan fingerprint density at radius 3 is 2.17 bits per heavy atom. The van der Waals surface area contributed by atoms with Crippen molar-refractivity contribution in [3.05, 3.63) is 75.2 Å². The van der Waals surface area contributed by atoms with E-state index in [1.165, 1.54) is 36.4 Å². The third kappa shape index (κ3) is 2.50. The molecule has 8 nitrogen and oxygen atoms in total. The van der Waals surface area contributed by atoms with E-state index in [2.05, 4.69) is 0 Å². The molecule has 0 aromatic heterocycles. The first kappa shape index (κ1) is 18.3. The summed E-state index contributed by atoms with van der Waals surface area (Å²) in [4.78, 5) is 25.9. The summed E-state index contributed by atoms with van der Waals surface area (Å²) in [5, 5.41) is 40.0. The summed E-state index contributed by atoms with van der Waals surface area (Å²) in [7, 11) is 0. The van der Waals surface area contributed by atoms with Gasteiger partial charge in [0.25, 0.3) is 0 Å². The maximum atomic E-state index is 13.1. The molecule has 0 bridgehead atoms. The lowest BCUT2D eigenvalue weighted by Crippen LogP contribution is -2.29. The molecule has 0 spiro atoms. The van der Waals surface area contributed by atoms with E-state index in [9.17, 15) is 30.0 Å². The molecular formula is C21H16N2O6. The molecule has 0 heterocycles. The fourth-order valence-electron chi connectivity index (χ4n) is 3.58. The van der Waals surface area contributed by atoms with Crippen LogP contribution in [0.15, 0.2) is 52.9 Å². The number of hydrogen-bond acceptors (Lipinski definition) is 8. The quantitative estimate of drug-likeness (QED) is 0.330. The number of phenolic OH excluding ortho intramolecular Hbond substituents is 1.